The fourth-order valence-corrected chi connectivity index (χ4v) is 4.57. The van der Waals surface area contributed by atoms with Crippen LogP contribution >= 0.6 is 0 Å². The summed E-state index contributed by atoms with van der Waals surface area (Å²) in [6, 6.07) is 19.6. The van der Waals surface area contributed by atoms with Crippen LogP contribution in [0.1, 0.15) is 11.1 Å². The third kappa shape index (κ3) is 4.06. The molecule has 3 heterocycles. The Balaban J connectivity index is 1.43. The number of benzene rings is 2. The fourth-order valence-electron chi connectivity index (χ4n) is 3.42. The number of pyridine rings is 1. The SMILES string of the molecule is Cc1ccc(S(=O)(=O)Nc2ccc(-c3ccc4nnc(-c5cccnc5)n4n3)cc2)cc1C. The smallest absolute Gasteiger partial charge is 0.261 e. The Hall–Kier alpha value is -4.11. The molecule has 0 unspecified atom stereocenters. The molecule has 0 aliphatic rings. The average molecular weight is 457 g/mol. The highest BCUT2D eigenvalue weighted by Gasteiger charge is 2.15. The summed E-state index contributed by atoms with van der Waals surface area (Å²) in [4.78, 5) is 4.37. The summed E-state index contributed by atoms with van der Waals surface area (Å²) in [5.41, 5.74) is 5.41. The second-order valence-electron chi connectivity index (χ2n) is 7.68. The van der Waals surface area contributed by atoms with Gasteiger partial charge in [-0.1, -0.05) is 18.2 Å². The molecular weight excluding hydrogens is 436 g/mol. The van der Waals surface area contributed by atoms with Gasteiger partial charge in [-0.2, -0.15) is 9.61 Å². The lowest BCUT2D eigenvalue weighted by atomic mass is 10.1. The van der Waals surface area contributed by atoms with Crippen LogP contribution in [0.15, 0.2) is 84.0 Å². The lowest BCUT2D eigenvalue weighted by Crippen LogP contribution is -2.13. The second-order valence-corrected chi connectivity index (χ2v) is 9.37. The van der Waals surface area contributed by atoms with Crippen LogP contribution in [-0.4, -0.2) is 33.2 Å². The number of hydrogen-bond acceptors (Lipinski definition) is 6. The van der Waals surface area contributed by atoms with E-state index in [2.05, 4.69) is 25.0 Å². The first-order valence-corrected chi connectivity index (χ1v) is 11.7. The maximum Gasteiger partial charge on any atom is 0.261 e. The van der Waals surface area contributed by atoms with Gasteiger partial charge in [0, 0.05) is 29.2 Å². The van der Waals surface area contributed by atoms with Crippen molar-refractivity contribution in [3.8, 4) is 22.6 Å². The molecular formula is C24H20N6O2S. The molecule has 0 radical (unpaired) electrons. The van der Waals surface area contributed by atoms with Gasteiger partial charge in [-0.25, -0.2) is 8.42 Å². The molecule has 0 atom stereocenters. The average Bonchev–Trinajstić information content (AvgIpc) is 3.25. The van der Waals surface area contributed by atoms with Gasteiger partial charge < -0.3 is 0 Å². The fraction of sp³-hybridized carbons (Fsp3) is 0.0833. The highest BCUT2D eigenvalue weighted by atomic mass is 32.2. The molecule has 33 heavy (non-hydrogen) atoms. The minimum atomic E-state index is -3.68. The highest BCUT2D eigenvalue weighted by molar-refractivity contribution is 7.92. The summed E-state index contributed by atoms with van der Waals surface area (Å²) < 4.78 is 29.8. The molecule has 0 aliphatic heterocycles. The van der Waals surface area contributed by atoms with Gasteiger partial charge in [0.25, 0.3) is 10.0 Å². The number of aryl methyl sites for hydroxylation is 2. The van der Waals surface area contributed by atoms with Gasteiger partial charge in [0.2, 0.25) is 0 Å². The standard InChI is InChI=1S/C24H20N6O2S/c1-16-5-10-21(14-17(16)2)33(31,32)29-20-8-6-18(7-9-20)22-11-12-23-26-27-24(30(23)28-22)19-4-3-13-25-15-19/h3-15,29H,1-2H3. The summed E-state index contributed by atoms with van der Waals surface area (Å²) in [6.45, 7) is 3.84. The van der Waals surface area contributed by atoms with Crippen molar-refractivity contribution in [3.63, 3.8) is 0 Å². The summed E-state index contributed by atoms with van der Waals surface area (Å²) in [5.74, 6) is 0.595. The van der Waals surface area contributed by atoms with Crippen LogP contribution in [0.5, 0.6) is 0 Å². The van der Waals surface area contributed by atoms with E-state index in [1.54, 1.807) is 47.2 Å². The molecule has 5 aromatic rings. The van der Waals surface area contributed by atoms with Crippen LogP contribution in [0, 0.1) is 13.8 Å². The van der Waals surface area contributed by atoms with Gasteiger partial charge >= 0.3 is 0 Å². The highest BCUT2D eigenvalue weighted by Crippen LogP contribution is 2.24. The molecule has 8 nitrogen and oxygen atoms in total. The lowest BCUT2D eigenvalue weighted by Gasteiger charge is -2.10. The van der Waals surface area contributed by atoms with Gasteiger partial charge in [-0.05, 0) is 73.5 Å². The Morgan fingerprint density at radius 2 is 1.67 bits per heavy atom. The molecule has 9 heteroatoms. The van der Waals surface area contributed by atoms with Crippen molar-refractivity contribution in [3.05, 3.63) is 90.3 Å². The van der Waals surface area contributed by atoms with E-state index in [1.807, 2.05) is 50.2 Å². The number of fused-ring (bicyclic) bond motifs is 1. The molecule has 2 aromatic carbocycles. The van der Waals surface area contributed by atoms with Crippen LogP contribution in [0.2, 0.25) is 0 Å². The number of sulfonamides is 1. The summed E-state index contributed by atoms with van der Waals surface area (Å²) in [7, 11) is -3.68. The molecule has 164 valence electrons. The lowest BCUT2D eigenvalue weighted by molar-refractivity contribution is 0.601. The molecule has 0 amide bonds. The molecule has 3 aromatic heterocycles. The van der Waals surface area contributed by atoms with E-state index in [-0.39, 0.29) is 4.90 Å². The summed E-state index contributed by atoms with van der Waals surface area (Å²) >= 11 is 0. The number of aromatic nitrogens is 5. The van der Waals surface area contributed by atoms with Crippen molar-refractivity contribution in [1.82, 2.24) is 24.8 Å². The monoisotopic (exact) mass is 456 g/mol. The van der Waals surface area contributed by atoms with Crippen LogP contribution in [-0.2, 0) is 10.0 Å². The van der Waals surface area contributed by atoms with E-state index in [9.17, 15) is 8.42 Å². The number of rotatable bonds is 5. The van der Waals surface area contributed by atoms with Crippen molar-refractivity contribution in [2.24, 2.45) is 0 Å². The maximum atomic E-state index is 12.8. The molecule has 0 aliphatic carbocycles. The zero-order valence-electron chi connectivity index (χ0n) is 18.0. The van der Waals surface area contributed by atoms with E-state index in [1.165, 1.54) is 0 Å². The van der Waals surface area contributed by atoms with E-state index >= 15 is 0 Å². The maximum absolute atomic E-state index is 12.8. The van der Waals surface area contributed by atoms with Crippen molar-refractivity contribution in [1.29, 1.82) is 0 Å². The number of nitrogens with one attached hydrogen (secondary N) is 1. The molecule has 0 saturated heterocycles. The van der Waals surface area contributed by atoms with Crippen molar-refractivity contribution in [2.75, 3.05) is 4.72 Å². The Kier molecular flexibility index (Phi) is 5.10. The normalized spacial score (nSPS) is 11.6. The second kappa shape index (κ2) is 8.10. The molecule has 0 saturated carbocycles. The van der Waals surface area contributed by atoms with Crippen LogP contribution in [0.3, 0.4) is 0 Å². The number of nitrogens with zero attached hydrogens (tertiary/aromatic N) is 5. The third-order valence-electron chi connectivity index (χ3n) is 5.40. The first-order valence-electron chi connectivity index (χ1n) is 10.2. The summed E-state index contributed by atoms with van der Waals surface area (Å²) in [5, 5.41) is 13.1. The molecule has 0 fully saturated rings. The van der Waals surface area contributed by atoms with Gasteiger partial charge in [0.15, 0.2) is 11.5 Å². The number of anilines is 1. The zero-order chi connectivity index (χ0) is 23.0. The van der Waals surface area contributed by atoms with Gasteiger partial charge in [0.1, 0.15) is 0 Å². The Bertz CT molecular complexity index is 1560. The molecule has 1 N–H and O–H groups in total. The minimum Gasteiger partial charge on any atom is -0.280 e. The Morgan fingerprint density at radius 3 is 2.39 bits per heavy atom. The first kappa shape index (κ1) is 20.8. The van der Waals surface area contributed by atoms with Crippen molar-refractivity contribution >= 4 is 21.4 Å². The molecule has 0 spiro atoms. The predicted octanol–water partition coefficient (Wildman–Crippen LogP) is 4.27. The van der Waals surface area contributed by atoms with E-state index < -0.39 is 10.0 Å². The van der Waals surface area contributed by atoms with E-state index in [0.29, 0.717) is 22.9 Å². The number of hydrogen-bond donors (Lipinski definition) is 1. The largest absolute Gasteiger partial charge is 0.280 e. The first-order chi connectivity index (χ1) is 15.9. The topological polar surface area (TPSA) is 102 Å². The minimum absolute atomic E-state index is 0.234. The van der Waals surface area contributed by atoms with Crippen LogP contribution < -0.4 is 4.72 Å². The Morgan fingerprint density at radius 1 is 0.848 bits per heavy atom. The van der Waals surface area contributed by atoms with Crippen molar-refractivity contribution < 1.29 is 8.42 Å². The quantitative estimate of drug-likeness (QED) is 0.424. The van der Waals surface area contributed by atoms with E-state index in [4.69, 9.17) is 0 Å². The van der Waals surface area contributed by atoms with Crippen LogP contribution in [0.25, 0.3) is 28.3 Å². The summed E-state index contributed by atoms with van der Waals surface area (Å²) in [6.07, 6.45) is 3.41. The van der Waals surface area contributed by atoms with Gasteiger partial charge in [-0.3, -0.25) is 9.71 Å². The van der Waals surface area contributed by atoms with E-state index in [0.717, 1.165) is 22.3 Å². The zero-order valence-corrected chi connectivity index (χ0v) is 18.8. The third-order valence-corrected chi connectivity index (χ3v) is 6.78. The van der Waals surface area contributed by atoms with Gasteiger partial charge in [0.05, 0.1) is 10.6 Å². The molecule has 0 bridgehead atoms. The predicted molar refractivity (Wildman–Crippen MR) is 126 cm³/mol. The Labute approximate surface area is 191 Å². The van der Waals surface area contributed by atoms with Crippen LogP contribution in [0.4, 0.5) is 5.69 Å². The van der Waals surface area contributed by atoms with Crippen molar-refractivity contribution in [2.45, 2.75) is 18.7 Å². The molecule has 5 rings (SSSR count). The van der Waals surface area contributed by atoms with Gasteiger partial charge in [-0.15, -0.1) is 10.2 Å².